The Balaban J connectivity index is 0.899. The highest BCUT2D eigenvalue weighted by atomic mass is 79.9. The lowest BCUT2D eigenvalue weighted by molar-refractivity contribution is 0.304. The summed E-state index contributed by atoms with van der Waals surface area (Å²) in [5.41, 5.74) is 9.30. The van der Waals surface area contributed by atoms with E-state index in [1.807, 2.05) is 23.5 Å². The minimum absolute atomic E-state index is 0.769. The highest BCUT2D eigenvalue weighted by Crippen LogP contribution is 2.54. The fourth-order valence-electron chi connectivity index (χ4n) is 9.50. The van der Waals surface area contributed by atoms with Gasteiger partial charge in [0.15, 0.2) is 0 Å². The fourth-order valence-corrected chi connectivity index (χ4v) is 12.8. The van der Waals surface area contributed by atoms with Crippen molar-refractivity contribution in [3.63, 3.8) is 0 Å². The SMILES string of the molecule is CCCCCCCCCCCCOc1ccc(N2c3ccc(Br)cc3Sc3cc(C=Cc4ccc5c(c4)Sc4cc(Br)ccc4N5c4ccc(OCCCCCCCCCCCC)cc4)ccc32)cc1. The summed E-state index contributed by atoms with van der Waals surface area (Å²) >= 11 is 11.2. The van der Waals surface area contributed by atoms with Crippen LogP contribution in [0.3, 0.4) is 0 Å². The number of unbranched alkanes of at least 4 members (excludes halogenated alkanes) is 18. The van der Waals surface area contributed by atoms with Gasteiger partial charge in [0.05, 0.1) is 36.0 Å². The number of hydrogen-bond acceptors (Lipinski definition) is 6. The molecule has 0 amide bonds. The van der Waals surface area contributed by atoms with Crippen LogP contribution in [0.15, 0.2) is 150 Å². The highest BCUT2D eigenvalue weighted by molar-refractivity contribution is 9.10. The molecule has 0 aromatic heterocycles. The van der Waals surface area contributed by atoms with Crippen LogP contribution in [0.5, 0.6) is 11.5 Å². The highest BCUT2D eigenvalue weighted by Gasteiger charge is 2.27. The molecule has 0 spiro atoms. The number of halogens is 2. The van der Waals surface area contributed by atoms with Crippen LogP contribution in [0.2, 0.25) is 0 Å². The quantitative estimate of drug-likeness (QED) is 0.0358. The minimum atomic E-state index is 0.769. The molecule has 0 fully saturated rings. The average Bonchev–Trinajstić information content (AvgIpc) is 3.37. The summed E-state index contributed by atoms with van der Waals surface area (Å²) in [7, 11) is 0. The number of fused-ring (bicyclic) bond motifs is 4. The Labute approximate surface area is 445 Å². The van der Waals surface area contributed by atoms with E-state index in [0.717, 1.165) is 69.0 Å². The van der Waals surface area contributed by atoms with Crippen LogP contribution in [-0.2, 0) is 0 Å². The molecule has 368 valence electrons. The van der Waals surface area contributed by atoms with Gasteiger partial charge in [-0.05, 0) is 133 Å². The number of nitrogens with zero attached hydrogens (tertiary/aromatic N) is 2. The molecule has 0 N–H and O–H groups in total. The van der Waals surface area contributed by atoms with Crippen LogP contribution < -0.4 is 19.3 Å². The summed E-state index contributed by atoms with van der Waals surface area (Å²) in [6, 6.07) is 44.1. The fraction of sp³-hybridized carbons (Fsp3) is 0.387. The maximum Gasteiger partial charge on any atom is 0.119 e. The first-order valence-corrected chi connectivity index (χ1v) is 29.7. The molecule has 0 radical (unpaired) electrons. The summed E-state index contributed by atoms with van der Waals surface area (Å²) in [6.07, 6.45) is 31.0. The predicted molar refractivity (Wildman–Crippen MR) is 310 cm³/mol. The number of benzene rings is 6. The molecule has 70 heavy (non-hydrogen) atoms. The number of anilines is 6. The summed E-state index contributed by atoms with van der Waals surface area (Å²) in [4.78, 5) is 9.66. The molecule has 0 saturated carbocycles. The van der Waals surface area contributed by atoms with Crippen molar-refractivity contribution in [1.82, 2.24) is 0 Å². The van der Waals surface area contributed by atoms with Crippen molar-refractivity contribution in [2.75, 3.05) is 23.0 Å². The van der Waals surface area contributed by atoms with Gasteiger partial charge >= 0.3 is 0 Å². The van der Waals surface area contributed by atoms with Gasteiger partial charge in [-0.2, -0.15) is 0 Å². The van der Waals surface area contributed by atoms with Crippen LogP contribution in [0, 0.1) is 0 Å². The molecule has 4 nitrogen and oxygen atoms in total. The third kappa shape index (κ3) is 14.8. The second-order valence-electron chi connectivity index (χ2n) is 18.9. The first kappa shape index (κ1) is 52.2. The van der Waals surface area contributed by atoms with E-state index in [2.05, 4.69) is 189 Å². The lowest BCUT2D eigenvalue weighted by atomic mass is 10.1. The molecule has 0 aliphatic carbocycles. The van der Waals surface area contributed by atoms with Crippen molar-refractivity contribution in [1.29, 1.82) is 0 Å². The molecule has 6 aromatic rings. The largest absolute Gasteiger partial charge is 0.494 e. The van der Waals surface area contributed by atoms with E-state index in [0.29, 0.717) is 0 Å². The normalized spacial score (nSPS) is 12.7. The maximum atomic E-state index is 6.22. The van der Waals surface area contributed by atoms with Gasteiger partial charge in [0, 0.05) is 39.9 Å². The van der Waals surface area contributed by atoms with E-state index in [1.54, 1.807) is 0 Å². The monoisotopic (exact) mass is 1100 g/mol. The summed E-state index contributed by atoms with van der Waals surface area (Å²) in [6.45, 7) is 6.11. The Bertz CT molecular complexity index is 2420. The van der Waals surface area contributed by atoms with Crippen LogP contribution in [0.25, 0.3) is 12.2 Å². The second-order valence-corrected chi connectivity index (χ2v) is 22.9. The van der Waals surface area contributed by atoms with Gasteiger partial charge in [0.25, 0.3) is 0 Å². The summed E-state index contributed by atoms with van der Waals surface area (Å²) < 4.78 is 14.6. The van der Waals surface area contributed by atoms with Crippen molar-refractivity contribution in [3.05, 3.63) is 141 Å². The first-order valence-electron chi connectivity index (χ1n) is 26.4. The van der Waals surface area contributed by atoms with E-state index in [1.165, 1.54) is 158 Å². The van der Waals surface area contributed by atoms with E-state index in [9.17, 15) is 0 Å². The molecule has 6 aromatic carbocycles. The topological polar surface area (TPSA) is 24.9 Å². The second kappa shape index (κ2) is 27.7. The molecular formula is C62H72Br2N2O2S2. The van der Waals surface area contributed by atoms with Gasteiger partial charge in [-0.15, -0.1) is 0 Å². The summed E-state index contributed by atoms with van der Waals surface area (Å²) in [5, 5.41) is 0. The molecule has 0 bridgehead atoms. The van der Waals surface area contributed by atoms with E-state index >= 15 is 0 Å². The third-order valence-electron chi connectivity index (χ3n) is 13.4. The van der Waals surface area contributed by atoms with Crippen molar-refractivity contribution in [2.45, 2.75) is 162 Å². The standard InChI is InChI=1S/C62H72Br2N2O2S2/c1-3-5-7-9-11-13-15-17-19-21-41-67-53-33-29-51(30-34-53)65-55-37-25-47(43-59(55)69-61-45-49(63)27-39-57(61)65)23-24-48-26-38-56-60(44-48)70-62-46-50(64)28-40-58(62)66(56)52-31-35-54(36-32-52)68-42-22-20-18-16-14-12-10-8-6-4-2/h23-40,43-46H,3-22,41-42H2,1-2H3. The number of ether oxygens (including phenoxy) is 2. The molecule has 8 heteroatoms. The zero-order valence-electron chi connectivity index (χ0n) is 41.5. The number of hydrogen-bond donors (Lipinski definition) is 0. The van der Waals surface area contributed by atoms with Crippen LogP contribution in [-0.4, -0.2) is 13.2 Å². The number of rotatable bonds is 28. The molecule has 0 saturated heterocycles. The molecule has 2 heterocycles. The molecular weight excluding hydrogens is 1030 g/mol. The van der Waals surface area contributed by atoms with Gasteiger partial charge in [-0.25, -0.2) is 0 Å². The van der Waals surface area contributed by atoms with Crippen LogP contribution >= 0.6 is 55.4 Å². The Hall–Kier alpha value is -4.08. The lowest BCUT2D eigenvalue weighted by Gasteiger charge is -2.33. The Morgan fingerprint density at radius 3 is 1.04 bits per heavy atom. The predicted octanol–water partition coefficient (Wildman–Crippen LogP) is 21.9. The first-order chi connectivity index (χ1) is 34.5. The van der Waals surface area contributed by atoms with Gasteiger partial charge in [-0.1, -0.05) is 209 Å². The van der Waals surface area contributed by atoms with Gasteiger partial charge in [0.1, 0.15) is 11.5 Å². The van der Waals surface area contributed by atoms with E-state index < -0.39 is 0 Å². The van der Waals surface area contributed by atoms with Gasteiger partial charge in [-0.3, -0.25) is 0 Å². The van der Waals surface area contributed by atoms with E-state index in [4.69, 9.17) is 9.47 Å². The lowest BCUT2D eigenvalue weighted by Crippen LogP contribution is -2.15. The zero-order valence-corrected chi connectivity index (χ0v) is 46.3. The van der Waals surface area contributed by atoms with Gasteiger partial charge < -0.3 is 19.3 Å². The van der Waals surface area contributed by atoms with E-state index in [-0.39, 0.29) is 0 Å². The molecule has 0 unspecified atom stereocenters. The molecule has 2 aliphatic rings. The van der Waals surface area contributed by atoms with Crippen molar-refractivity contribution < 1.29 is 9.47 Å². The van der Waals surface area contributed by atoms with Crippen molar-refractivity contribution >= 4 is 102 Å². The Kier molecular flexibility index (Phi) is 20.6. The zero-order chi connectivity index (χ0) is 48.3. The molecule has 2 aliphatic heterocycles. The van der Waals surface area contributed by atoms with Crippen molar-refractivity contribution in [2.24, 2.45) is 0 Å². The summed E-state index contributed by atoms with van der Waals surface area (Å²) in [5.74, 6) is 1.87. The smallest absolute Gasteiger partial charge is 0.119 e. The molecule has 0 atom stereocenters. The Morgan fingerprint density at radius 2 is 0.686 bits per heavy atom. The van der Waals surface area contributed by atoms with Crippen LogP contribution in [0.1, 0.15) is 153 Å². The molecule has 8 rings (SSSR count). The Morgan fingerprint density at radius 1 is 0.371 bits per heavy atom. The van der Waals surface area contributed by atoms with Gasteiger partial charge in [0.2, 0.25) is 0 Å². The average molecular weight is 1100 g/mol. The van der Waals surface area contributed by atoms with Crippen LogP contribution in [0.4, 0.5) is 34.1 Å². The maximum absolute atomic E-state index is 6.22. The van der Waals surface area contributed by atoms with Crippen molar-refractivity contribution in [3.8, 4) is 11.5 Å². The minimum Gasteiger partial charge on any atom is -0.494 e. The third-order valence-corrected chi connectivity index (χ3v) is 16.6.